The first-order chi connectivity index (χ1) is 14.4. The lowest BCUT2D eigenvalue weighted by Gasteiger charge is -2.26. The Balaban J connectivity index is 1.78. The molecule has 156 valence electrons. The number of hydrogen-bond acceptors (Lipinski definition) is 5. The number of piperidine rings is 1. The minimum absolute atomic E-state index is 0.0931. The molecule has 7 nitrogen and oxygen atoms in total. The van der Waals surface area contributed by atoms with Gasteiger partial charge in [-0.3, -0.25) is 4.79 Å². The summed E-state index contributed by atoms with van der Waals surface area (Å²) in [6.07, 6.45) is 4.18. The first-order valence-corrected chi connectivity index (χ1v) is 11.1. The number of sulfonamides is 1. The van der Waals surface area contributed by atoms with Crippen molar-refractivity contribution in [2.24, 2.45) is 0 Å². The molecule has 30 heavy (non-hydrogen) atoms. The van der Waals surface area contributed by atoms with Crippen LogP contribution in [0.1, 0.15) is 24.8 Å². The zero-order chi connectivity index (χ0) is 21.6. The number of amides is 1. The van der Waals surface area contributed by atoms with Gasteiger partial charge in [0.05, 0.1) is 12.0 Å². The Morgan fingerprint density at radius 1 is 1.13 bits per heavy atom. The zero-order valence-corrected chi connectivity index (χ0v) is 17.5. The Morgan fingerprint density at radius 2 is 1.83 bits per heavy atom. The number of carbonyl (C=O) groups excluding carboxylic acids is 1. The van der Waals surface area contributed by atoms with Crippen LogP contribution >= 0.6 is 0 Å². The molecule has 0 saturated carbocycles. The quantitative estimate of drug-likeness (QED) is 0.565. The van der Waals surface area contributed by atoms with E-state index in [4.69, 9.17) is 4.74 Å². The molecular weight excluding hydrogens is 402 g/mol. The Morgan fingerprint density at radius 3 is 2.47 bits per heavy atom. The minimum Gasteiger partial charge on any atom is -0.497 e. The number of carbonyl (C=O) groups is 1. The first kappa shape index (κ1) is 21.6. The van der Waals surface area contributed by atoms with E-state index in [-0.39, 0.29) is 10.5 Å². The molecule has 1 aliphatic rings. The van der Waals surface area contributed by atoms with Crippen molar-refractivity contribution in [2.75, 3.05) is 25.5 Å². The SMILES string of the molecule is COc1ccc(/C=C(/C#N)C(=O)Nc2cccc(S(=O)(=O)N3CCCCC3)c2)cc1. The van der Waals surface area contributed by atoms with Gasteiger partial charge in [0.25, 0.3) is 5.91 Å². The maximum Gasteiger partial charge on any atom is 0.266 e. The molecule has 8 heteroatoms. The number of nitriles is 1. The predicted octanol–water partition coefficient (Wildman–Crippen LogP) is 3.42. The predicted molar refractivity (Wildman–Crippen MR) is 114 cm³/mol. The van der Waals surface area contributed by atoms with Crippen LogP contribution in [0.2, 0.25) is 0 Å². The second-order valence-corrected chi connectivity index (χ2v) is 8.83. The average Bonchev–Trinajstić information content (AvgIpc) is 2.78. The molecule has 0 bridgehead atoms. The maximum absolute atomic E-state index is 12.8. The zero-order valence-electron chi connectivity index (χ0n) is 16.7. The van der Waals surface area contributed by atoms with Crippen LogP contribution in [0.25, 0.3) is 6.08 Å². The molecule has 0 aromatic heterocycles. The Kier molecular flexibility index (Phi) is 6.87. The van der Waals surface area contributed by atoms with Crippen molar-refractivity contribution in [1.29, 1.82) is 5.26 Å². The van der Waals surface area contributed by atoms with Gasteiger partial charge in [-0.1, -0.05) is 24.6 Å². The second-order valence-electron chi connectivity index (χ2n) is 6.89. The Labute approximate surface area is 176 Å². The van der Waals surface area contributed by atoms with Crippen LogP contribution in [0.4, 0.5) is 5.69 Å². The number of hydrogen-bond donors (Lipinski definition) is 1. The van der Waals surface area contributed by atoms with E-state index in [0.717, 1.165) is 19.3 Å². The largest absolute Gasteiger partial charge is 0.497 e. The van der Waals surface area contributed by atoms with Crippen molar-refractivity contribution in [2.45, 2.75) is 24.2 Å². The van der Waals surface area contributed by atoms with Gasteiger partial charge in [0.15, 0.2) is 0 Å². The molecule has 0 atom stereocenters. The third kappa shape index (κ3) is 5.06. The fourth-order valence-corrected chi connectivity index (χ4v) is 4.77. The minimum atomic E-state index is -3.61. The summed E-state index contributed by atoms with van der Waals surface area (Å²) in [5.74, 6) is 0.0580. The lowest BCUT2D eigenvalue weighted by molar-refractivity contribution is -0.112. The highest BCUT2D eigenvalue weighted by atomic mass is 32.2. The molecule has 1 amide bonds. The van der Waals surface area contributed by atoms with Crippen LogP contribution in [0.3, 0.4) is 0 Å². The number of nitrogens with one attached hydrogen (secondary N) is 1. The van der Waals surface area contributed by atoms with Gasteiger partial charge >= 0.3 is 0 Å². The van der Waals surface area contributed by atoms with Gasteiger partial charge in [-0.15, -0.1) is 0 Å². The molecule has 0 radical (unpaired) electrons. The highest BCUT2D eigenvalue weighted by molar-refractivity contribution is 7.89. The number of anilines is 1. The van der Waals surface area contributed by atoms with E-state index in [9.17, 15) is 18.5 Å². The number of rotatable bonds is 6. The normalized spacial score (nSPS) is 15.3. The molecule has 0 unspecified atom stereocenters. The molecule has 2 aromatic rings. The van der Waals surface area contributed by atoms with Crippen molar-refractivity contribution in [3.05, 3.63) is 59.7 Å². The lowest BCUT2D eigenvalue weighted by atomic mass is 10.1. The maximum atomic E-state index is 12.8. The van der Waals surface area contributed by atoms with Gasteiger partial charge < -0.3 is 10.1 Å². The van der Waals surface area contributed by atoms with Crippen LogP contribution < -0.4 is 10.1 Å². The van der Waals surface area contributed by atoms with Crippen molar-refractivity contribution in [1.82, 2.24) is 4.31 Å². The highest BCUT2D eigenvalue weighted by Gasteiger charge is 2.26. The van der Waals surface area contributed by atoms with Crippen molar-refractivity contribution in [3.8, 4) is 11.8 Å². The summed E-state index contributed by atoms with van der Waals surface area (Å²) < 4.78 is 32.3. The fourth-order valence-electron chi connectivity index (χ4n) is 3.20. The van der Waals surface area contributed by atoms with Gasteiger partial charge in [0, 0.05) is 18.8 Å². The van der Waals surface area contributed by atoms with Gasteiger partial charge in [-0.05, 0) is 54.8 Å². The number of ether oxygens (including phenoxy) is 1. The summed E-state index contributed by atoms with van der Waals surface area (Å²) in [5, 5.41) is 12.0. The molecule has 2 aromatic carbocycles. The van der Waals surface area contributed by atoms with E-state index < -0.39 is 15.9 Å². The summed E-state index contributed by atoms with van der Waals surface area (Å²) in [7, 11) is -2.06. The van der Waals surface area contributed by atoms with E-state index in [1.54, 1.807) is 43.5 Å². The molecule has 1 heterocycles. The molecule has 1 fully saturated rings. The third-order valence-corrected chi connectivity index (χ3v) is 6.73. The smallest absolute Gasteiger partial charge is 0.266 e. The van der Waals surface area contributed by atoms with Gasteiger partial charge in [0.1, 0.15) is 17.4 Å². The standard InChI is InChI=1S/C22H23N3O4S/c1-29-20-10-8-17(9-11-20)14-18(16-23)22(26)24-19-6-5-7-21(15-19)30(27,28)25-12-3-2-4-13-25/h5-11,14-15H,2-4,12-13H2,1H3,(H,24,26)/b18-14-. The third-order valence-electron chi connectivity index (χ3n) is 4.84. The van der Waals surface area contributed by atoms with E-state index in [0.29, 0.717) is 30.1 Å². The van der Waals surface area contributed by atoms with E-state index in [1.807, 2.05) is 6.07 Å². The molecule has 1 aliphatic heterocycles. The molecular formula is C22H23N3O4S. The summed E-state index contributed by atoms with van der Waals surface area (Å²) in [5.41, 5.74) is 0.891. The van der Waals surface area contributed by atoms with Crippen LogP contribution in [-0.4, -0.2) is 38.8 Å². The number of nitrogens with zero attached hydrogens (tertiary/aromatic N) is 2. The number of benzene rings is 2. The number of methoxy groups -OCH3 is 1. The van der Waals surface area contributed by atoms with E-state index in [1.165, 1.54) is 22.5 Å². The summed E-state index contributed by atoms with van der Waals surface area (Å²) in [6, 6.07) is 14.9. The Hall–Kier alpha value is -3.15. The fraction of sp³-hybridized carbons (Fsp3) is 0.273. The van der Waals surface area contributed by atoms with E-state index in [2.05, 4.69) is 5.32 Å². The molecule has 3 rings (SSSR count). The van der Waals surface area contributed by atoms with E-state index >= 15 is 0 Å². The summed E-state index contributed by atoms with van der Waals surface area (Å²) >= 11 is 0. The first-order valence-electron chi connectivity index (χ1n) is 9.61. The van der Waals surface area contributed by atoms with Gasteiger partial charge in [-0.2, -0.15) is 9.57 Å². The van der Waals surface area contributed by atoms with Crippen LogP contribution in [0.5, 0.6) is 5.75 Å². The second kappa shape index (κ2) is 9.57. The van der Waals surface area contributed by atoms with Crippen molar-refractivity contribution in [3.63, 3.8) is 0 Å². The lowest BCUT2D eigenvalue weighted by Crippen LogP contribution is -2.35. The molecule has 0 spiro atoms. The van der Waals surface area contributed by atoms with Crippen LogP contribution in [-0.2, 0) is 14.8 Å². The molecule has 0 aliphatic carbocycles. The highest BCUT2D eigenvalue weighted by Crippen LogP contribution is 2.23. The van der Waals surface area contributed by atoms with Crippen molar-refractivity contribution < 1.29 is 17.9 Å². The molecule has 1 N–H and O–H groups in total. The van der Waals surface area contributed by atoms with Crippen molar-refractivity contribution >= 4 is 27.7 Å². The monoisotopic (exact) mass is 425 g/mol. The van der Waals surface area contributed by atoms with Gasteiger partial charge in [0.2, 0.25) is 10.0 Å². The molecule has 1 saturated heterocycles. The van der Waals surface area contributed by atoms with Crippen LogP contribution in [0.15, 0.2) is 59.0 Å². The van der Waals surface area contributed by atoms with Gasteiger partial charge in [-0.25, -0.2) is 8.42 Å². The average molecular weight is 426 g/mol. The Bertz CT molecular complexity index is 1080. The summed E-state index contributed by atoms with van der Waals surface area (Å²) in [6.45, 7) is 1.00. The summed E-state index contributed by atoms with van der Waals surface area (Å²) in [4.78, 5) is 12.7. The van der Waals surface area contributed by atoms with Crippen LogP contribution in [0, 0.1) is 11.3 Å². The topological polar surface area (TPSA) is 99.5 Å².